The number of carbonyl (C=O) groups excluding carboxylic acids is 1. The second-order valence-corrected chi connectivity index (χ2v) is 5.26. The van der Waals surface area contributed by atoms with E-state index >= 15 is 0 Å². The van der Waals surface area contributed by atoms with Crippen molar-refractivity contribution < 1.29 is 14.6 Å². The van der Waals surface area contributed by atoms with E-state index in [1.807, 2.05) is 0 Å². The highest BCUT2D eigenvalue weighted by molar-refractivity contribution is 5.68. The van der Waals surface area contributed by atoms with Crippen LogP contribution in [-0.2, 0) is 9.53 Å². The third-order valence-electron chi connectivity index (χ3n) is 3.30. The smallest absolute Gasteiger partial charge is 0.305 e. The second kappa shape index (κ2) is 17.6. The third kappa shape index (κ3) is 16.6. The van der Waals surface area contributed by atoms with Gasteiger partial charge in [-0.15, -0.1) is 11.8 Å². The molecule has 0 aliphatic heterocycles. The van der Waals surface area contributed by atoms with Crippen LogP contribution in [0.5, 0.6) is 0 Å². The first-order valence-electron chi connectivity index (χ1n) is 8.40. The van der Waals surface area contributed by atoms with E-state index in [2.05, 4.69) is 28.4 Å². The number of unbranched alkanes of at least 4 members (excludes halogenated alkanes) is 8. The molecular formula is C19H30O3. The molecule has 0 bridgehead atoms. The molecule has 0 radical (unpaired) electrons. The van der Waals surface area contributed by atoms with Crippen molar-refractivity contribution in [2.24, 2.45) is 0 Å². The summed E-state index contributed by atoms with van der Waals surface area (Å²) in [5.74, 6) is 12.3. The standard InChI is InChI=1S/C19H30O3/c1-22-19(21)17-15-13-11-9-7-5-3-2-4-6-8-10-12-14-16-18-20/h20H,2,7-18H2,1H3. The van der Waals surface area contributed by atoms with Crippen molar-refractivity contribution in [3.8, 4) is 23.7 Å². The number of methoxy groups -OCH3 is 1. The zero-order valence-electron chi connectivity index (χ0n) is 14.0. The van der Waals surface area contributed by atoms with Gasteiger partial charge in [-0.25, -0.2) is 0 Å². The molecule has 1 N–H and O–H groups in total. The molecule has 0 saturated heterocycles. The summed E-state index contributed by atoms with van der Waals surface area (Å²) in [7, 11) is 1.43. The number of aliphatic hydroxyl groups excluding tert-OH is 1. The molecule has 0 aliphatic carbocycles. The predicted molar refractivity (Wildman–Crippen MR) is 90.1 cm³/mol. The van der Waals surface area contributed by atoms with Crippen LogP contribution in [0, 0.1) is 23.7 Å². The molecule has 0 saturated carbocycles. The normalized spacial score (nSPS) is 9.36. The van der Waals surface area contributed by atoms with Gasteiger partial charge >= 0.3 is 5.97 Å². The van der Waals surface area contributed by atoms with Crippen molar-refractivity contribution in [2.45, 2.75) is 77.0 Å². The molecule has 0 aromatic rings. The maximum atomic E-state index is 10.9. The summed E-state index contributed by atoms with van der Waals surface area (Å²) < 4.78 is 4.59. The van der Waals surface area contributed by atoms with Crippen molar-refractivity contribution in [1.29, 1.82) is 0 Å². The van der Waals surface area contributed by atoms with Crippen LogP contribution in [-0.4, -0.2) is 24.8 Å². The molecule has 3 heteroatoms. The first-order chi connectivity index (χ1) is 10.8. The number of esters is 1. The second-order valence-electron chi connectivity index (χ2n) is 5.26. The molecule has 0 heterocycles. The van der Waals surface area contributed by atoms with E-state index < -0.39 is 0 Å². The summed E-state index contributed by atoms with van der Waals surface area (Å²) in [6.45, 7) is 0.298. The number of hydrogen-bond donors (Lipinski definition) is 1. The molecule has 0 aromatic carbocycles. The van der Waals surface area contributed by atoms with Crippen LogP contribution in [0.1, 0.15) is 77.0 Å². The Balaban J connectivity index is 3.30. The van der Waals surface area contributed by atoms with E-state index in [0.717, 1.165) is 64.2 Å². The van der Waals surface area contributed by atoms with E-state index in [1.54, 1.807) is 0 Å². The van der Waals surface area contributed by atoms with Gasteiger partial charge in [-0.2, -0.15) is 0 Å². The molecule has 0 amide bonds. The Morgan fingerprint density at radius 1 is 0.818 bits per heavy atom. The van der Waals surface area contributed by atoms with Crippen molar-refractivity contribution in [3.63, 3.8) is 0 Å². The Morgan fingerprint density at radius 2 is 1.36 bits per heavy atom. The summed E-state index contributed by atoms with van der Waals surface area (Å²) >= 11 is 0. The molecule has 0 rings (SSSR count). The Bertz CT molecular complexity index is 379. The SMILES string of the molecule is COC(=O)CCCCCCC#CCC#CCCCCCCO. The average molecular weight is 306 g/mol. The fraction of sp³-hybridized carbons (Fsp3) is 0.737. The van der Waals surface area contributed by atoms with Crippen molar-refractivity contribution in [1.82, 2.24) is 0 Å². The Morgan fingerprint density at radius 3 is 1.91 bits per heavy atom. The van der Waals surface area contributed by atoms with E-state index in [0.29, 0.717) is 19.4 Å². The minimum Gasteiger partial charge on any atom is -0.469 e. The lowest BCUT2D eigenvalue weighted by Gasteiger charge is -1.98. The Labute approximate surface area is 135 Å². The summed E-state index contributed by atoms with van der Waals surface area (Å²) in [6, 6.07) is 0. The monoisotopic (exact) mass is 306 g/mol. The van der Waals surface area contributed by atoms with E-state index in [-0.39, 0.29) is 5.97 Å². The number of carbonyl (C=O) groups is 1. The van der Waals surface area contributed by atoms with Crippen LogP contribution in [0.2, 0.25) is 0 Å². The van der Waals surface area contributed by atoms with Gasteiger partial charge in [-0.3, -0.25) is 4.79 Å². The minimum atomic E-state index is -0.119. The molecule has 124 valence electrons. The third-order valence-corrected chi connectivity index (χ3v) is 3.30. The number of hydrogen-bond acceptors (Lipinski definition) is 3. The zero-order chi connectivity index (χ0) is 16.3. The summed E-state index contributed by atoms with van der Waals surface area (Å²) in [4.78, 5) is 10.9. The zero-order valence-corrected chi connectivity index (χ0v) is 14.0. The van der Waals surface area contributed by atoms with Gasteiger partial charge in [0.2, 0.25) is 0 Å². The molecule has 0 aromatic heterocycles. The lowest BCUT2D eigenvalue weighted by molar-refractivity contribution is -0.140. The lowest BCUT2D eigenvalue weighted by Crippen LogP contribution is -1.98. The van der Waals surface area contributed by atoms with Crippen LogP contribution in [0.3, 0.4) is 0 Å². The van der Waals surface area contributed by atoms with Crippen molar-refractivity contribution in [3.05, 3.63) is 0 Å². The molecular weight excluding hydrogens is 276 g/mol. The van der Waals surface area contributed by atoms with Crippen LogP contribution >= 0.6 is 0 Å². The van der Waals surface area contributed by atoms with E-state index in [9.17, 15) is 4.79 Å². The highest BCUT2D eigenvalue weighted by atomic mass is 16.5. The number of rotatable bonds is 11. The number of ether oxygens (including phenoxy) is 1. The molecule has 3 nitrogen and oxygen atoms in total. The van der Waals surface area contributed by atoms with Crippen LogP contribution in [0.15, 0.2) is 0 Å². The van der Waals surface area contributed by atoms with Crippen LogP contribution in [0.4, 0.5) is 0 Å². The van der Waals surface area contributed by atoms with Gasteiger partial charge < -0.3 is 9.84 Å². The van der Waals surface area contributed by atoms with E-state index in [1.165, 1.54) is 7.11 Å². The molecule has 0 unspecified atom stereocenters. The Kier molecular flexibility index (Phi) is 16.4. The first kappa shape index (κ1) is 20.6. The predicted octanol–water partition coefficient (Wildman–Crippen LogP) is 3.84. The first-order valence-corrected chi connectivity index (χ1v) is 8.40. The summed E-state index contributed by atoms with van der Waals surface area (Å²) in [5, 5.41) is 8.64. The van der Waals surface area contributed by atoms with E-state index in [4.69, 9.17) is 5.11 Å². The Hall–Kier alpha value is -1.45. The van der Waals surface area contributed by atoms with Gasteiger partial charge in [0.25, 0.3) is 0 Å². The largest absolute Gasteiger partial charge is 0.469 e. The maximum Gasteiger partial charge on any atom is 0.305 e. The van der Waals surface area contributed by atoms with Gasteiger partial charge in [-0.1, -0.05) is 37.5 Å². The van der Waals surface area contributed by atoms with Gasteiger partial charge in [0.1, 0.15) is 0 Å². The van der Waals surface area contributed by atoms with Crippen LogP contribution < -0.4 is 0 Å². The average Bonchev–Trinajstić information content (AvgIpc) is 2.54. The van der Waals surface area contributed by atoms with Gasteiger partial charge in [0.05, 0.1) is 13.5 Å². The topological polar surface area (TPSA) is 46.5 Å². The summed E-state index contributed by atoms with van der Waals surface area (Å²) in [5.41, 5.74) is 0. The fourth-order valence-corrected chi connectivity index (χ4v) is 1.96. The quantitative estimate of drug-likeness (QED) is 0.358. The van der Waals surface area contributed by atoms with Gasteiger partial charge in [0.15, 0.2) is 0 Å². The lowest BCUT2D eigenvalue weighted by atomic mass is 10.1. The molecule has 22 heavy (non-hydrogen) atoms. The highest BCUT2D eigenvalue weighted by Gasteiger charge is 1.98. The fourth-order valence-electron chi connectivity index (χ4n) is 1.96. The van der Waals surface area contributed by atoms with Gasteiger partial charge in [-0.05, 0) is 25.7 Å². The molecule has 0 aliphatic rings. The molecule has 0 atom stereocenters. The molecule has 0 fully saturated rings. The number of aliphatic hydroxyl groups is 1. The molecule has 0 spiro atoms. The highest BCUT2D eigenvalue weighted by Crippen LogP contribution is 2.05. The summed E-state index contributed by atoms with van der Waals surface area (Å²) in [6.07, 6.45) is 11.5. The maximum absolute atomic E-state index is 10.9. The van der Waals surface area contributed by atoms with Crippen LogP contribution in [0.25, 0.3) is 0 Å². The minimum absolute atomic E-state index is 0.119. The van der Waals surface area contributed by atoms with Crippen molar-refractivity contribution >= 4 is 5.97 Å². The van der Waals surface area contributed by atoms with Crippen molar-refractivity contribution in [2.75, 3.05) is 13.7 Å². The van der Waals surface area contributed by atoms with Gasteiger partial charge in [0, 0.05) is 25.9 Å².